The van der Waals surface area contributed by atoms with Crippen LogP contribution in [0.2, 0.25) is 0 Å². The number of aliphatic carboxylic acids is 1. The van der Waals surface area contributed by atoms with Crippen LogP contribution < -0.4 is 0 Å². The largest absolute Gasteiger partial charge is 0.481 e. The molecule has 0 aliphatic carbocycles. The van der Waals surface area contributed by atoms with E-state index in [1.165, 1.54) is 0 Å². The van der Waals surface area contributed by atoms with Gasteiger partial charge >= 0.3 is 0 Å². The number of methoxy groups -OCH3 is 1. The van der Waals surface area contributed by atoms with Gasteiger partial charge in [0.1, 0.15) is 0 Å². The van der Waals surface area contributed by atoms with Gasteiger partial charge in [0.05, 0.1) is 11.7 Å². The molecule has 5 heteroatoms. The van der Waals surface area contributed by atoms with Crippen LogP contribution in [0.3, 0.4) is 0 Å². The zero-order chi connectivity index (χ0) is 12.1. The van der Waals surface area contributed by atoms with Crippen molar-refractivity contribution in [3.63, 3.8) is 0 Å². The first-order chi connectivity index (χ1) is 6.79. The Balaban J connectivity index is 0.000000423. The summed E-state index contributed by atoms with van der Waals surface area (Å²) >= 11 is 0. The molecule has 5 nitrogen and oxygen atoms in total. The molecule has 0 aromatic carbocycles. The van der Waals surface area contributed by atoms with Crippen LogP contribution in [0.4, 0.5) is 0 Å². The molecule has 3 atom stereocenters. The highest BCUT2D eigenvalue weighted by molar-refractivity contribution is 5.62. The van der Waals surface area contributed by atoms with Gasteiger partial charge in [0.25, 0.3) is 5.97 Å². The van der Waals surface area contributed by atoms with Crippen molar-refractivity contribution in [2.45, 2.75) is 51.6 Å². The molecule has 15 heavy (non-hydrogen) atoms. The van der Waals surface area contributed by atoms with Crippen LogP contribution in [0.25, 0.3) is 0 Å². The molecule has 2 N–H and O–H groups in total. The van der Waals surface area contributed by atoms with Gasteiger partial charge in [-0.25, -0.2) is 0 Å². The molecule has 0 aromatic rings. The van der Waals surface area contributed by atoms with Crippen molar-refractivity contribution >= 4 is 5.97 Å². The summed E-state index contributed by atoms with van der Waals surface area (Å²) in [5, 5.41) is 16.7. The summed E-state index contributed by atoms with van der Waals surface area (Å²) in [5.41, 5.74) is -0.211. The van der Waals surface area contributed by atoms with E-state index in [2.05, 4.69) is 0 Å². The van der Waals surface area contributed by atoms with Crippen LogP contribution in [-0.4, -0.2) is 41.3 Å². The summed E-state index contributed by atoms with van der Waals surface area (Å²) in [6.07, 6.45) is 0.835. The average molecular weight is 220 g/mol. The lowest BCUT2D eigenvalue weighted by Gasteiger charge is -2.38. The molecular weight excluding hydrogens is 200 g/mol. The zero-order valence-electron chi connectivity index (χ0n) is 9.69. The summed E-state index contributed by atoms with van der Waals surface area (Å²) in [5.74, 6) is -0.833. The van der Waals surface area contributed by atoms with Gasteiger partial charge in [0, 0.05) is 26.9 Å². The molecule has 0 amide bonds. The van der Waals surface area contributed by atoms with Gasteiger partial charge in [-0.15, -0.1) is 0 Å². The lowest BCUT2D eigenvalue weighted by atomic mass is 9.92. The molecule has 1 heterocycles. The Morgan fingerprint density at radius 1 is 1.53 bits per heavy atom. The third kappa shape index (κ3) is 6.43. The smallest absolute Gasteiger partial charge is 0.300 e. The topological polar surface area (TPSA) is 76.0 Å². The second-order valence-corrected chi connectivity index (χ2v) is 3.98. The Bertz CT molecular complexity index is 190. The molecule has 0 radical (unpaired) electrons. The molecule has 1 rings (SSSR count). The van der Waals surface area contributed by atoms with Crippen molar-refractivity contribution in [1.82, 2.24) is 0 Å². The van der Waals surface area contributed by atoms with Gasteiger partial charge in [-0.1, -0.05) is 0 Å². The van der Waals surface area contributed by atoms with Crippen LogP contribution in [-0.2, 0) is 14.3 Å². The number of carboxylic acid groups (broad SMARTS) is 1. The van der Waals surface area contributed by atoms with Crippen molar-refractivity contribution in [3.8, 4) is 0 Å². The molecule has 0 aromatic heterocycles. The van der Waals surface area contributed by atoms with Crippen LogP contribution in [0, 0.1) is 0 Å². The minimum absolute atomic E-state index is 0.0868. The minimum atomic E-state index is -0.833. The van der Waals surface area contributed by atoms with Crippen LogP contribution in [0.5, 0.6) is 0 Å². The molecule has 0 bridgehead atoms. The van der Waals surface area contributed by atoms with Gasteiger partial charge in [-0.2, -0.15) is 0 Å². The minimum Gasteiger partial charge on any atom is -0.481 e. The predicted octanol–water partition coefficient (Wildman–Crippen LogP) is 1.000. The van der Waals surface area contributed by atoms with E-state index < -0.39 is 12.3 Å². The molecule has 1 saturated heterocycles. The van der Waals surface area contributed by atoms with Crippen molar-refractivity contribution in [2.24, 2.45) is 0 Å². The van der Waals surface area contributed by atoms with E-state index in [0.717, 1.165) is 13.3 Å². The van der Waals surface area contributed by atoms with E-state index in [4.69, 9.17) is 19.4 Å². The summed E-state index contributed by atoms with van der Waals surface area (Å²) in [7, 11) is 1.67. The second-order valence-electron chi connectivity index (χ2n) is 3.98. The van der Waals surface area contributed by atoms with E-state index >= 15 is 0 Å². The maximum atomic E-state index is 9.24. The molecule has 90 valence electrons. The molecule has 0 spiro atoms. The standard InChI is InChI=1S/C8H16O3.C2H4O2/c1-6-4-8(2,10-3)5-7(9)11-6;1-2(3)4/h6-7,9H,4-5H2,1-3H3;1H3,(H,3,4). The summed E-state index contributed by atoms with van der Waals surface area (Å²) < 4.78 is 10.4. The van der Waals surface area contributed by atoms with Crippen molar-refractivity contribution < 1.29 is 24.5 Å². The number of carboxylic acids is 1. The molecular formula is C10H20O5. The van der Waals surface area contributed by atoms with E-state index in [1.54, 1.807) is 7.11 Å². The Kier molecular flexibility index (Phi) is 5.79. The zero-order valence-corrected chi connectivity index (χ0v) is 9.69. The Morgan fingerprint density at radius 3 is 2.33 bits per heavy atom. The fourth-order valence-corrected chi connectivity index (χ4v) is 1.59. The van der Waals surface area contributed by atoms with Gasteiger partial charge in [0.15, 0.2) is 6.29 Å². The number of hydrogen-bond acceptors (Lipinski definition) is 4. The third-order valence-electron chi connectivity index (χ3n) is 2.21. The highest BCUT2D eigenvalue weighted by Gasteiger charge is 2.35. The number of ether oxygens (including phenoxy) is 2. The Labute approximate surface area is 90.0 Å². The molecule has 0 saturated carbocycles. The number of hydrogen-bond donors (Lipinski definition) is 2. The lowest BCUT2D eigenvalue weighted by molar-refractivity contribution is -0.215. The van der Waals surface area contributed by atoms with Crippen LogP contribution in [0.1, 0.15) is 33.6 Å². The van der Waals surface area contributed by atoms with Crippen molar-refractivity contribution in [1.29, 1.82) is 0 Å². The number of rotatable bonds is 1. The van der Waals surface area contributed by atoms with E-state index in [9.17, 15) is 5.11 Å². The van der Waals surface area contributed by atoms with Crippen LogP contribution >= 0.6 is 0 Å². The molecule has 3 unspecified atom stereocenters. The predicted molar refractivity (Wildman–Crippen MR) is 54.5 cm³/mol. The fraction of sp³-hybridized carbons (Fsp3) is 0.900. The highest BCUT2D eigenvalue weighted by atomic mass is 16.6. The average Bonchev–Trinajstić information content (AvgIpc) is 2.00. The van der Waals surface area contributed by atoms with Crippen LogP contribution in [0.15, 0.2) is 0 Å². The normalized spacial score (nSPS) is 35.3. The Morgan fingerprint density at radius 2 is 2.00 bits per heavy atom. The molecule has 1 fully saturated rings. The van der Waals surface area contributed by atoms with E-state index in [1.807, 2.05) is 13.8 Å². The first-order valence-corrected chi connectivity index (χ1v) is 4.87. The first kappa shape index (κ1) is 14.3. The SMILES string of the molecule is CC(=O)O.COC1(C)CC(C)OC(O)C1. The summed E-state index contributed by atoms with van der Waals surface area (Å²) in [6.45, 7) is 5.02. The number of carbonyl (C=O) groups is 1. The summed E-state index contributed by atoms with van der Waals surface area (Å²) in [4.78, 5) is 9.00. The van der Waals surface area contributed by atoms with Gasteiger partial charge in [0.2, 0.25) is 0 Å². The third-order valence-corrected chi connectivity index (χ3v) is 2.21. The van der Waals surface area contributed by atoms with Gasteiger partial charge in [-0.05, 0) is 13.8 Å². The van der Waals surface area contributed by atoms with Gasteiger partial charge < -0.3 is 19.7 Å². The van der Waals surface area contributed by atoms with Crippen molar-refractivity contribution in [2.75, 3.05) is 7.11 Å². The van der Waals surface area contributed by atoms with Gasteiger partial charge in [-0.3, -0.25) is 4.79 Å². The molecule has 1 aliphatic heterocycles. The highest BCUT2D eigenvalue weighted by Crippen LogP contribution is 2.29. The Hall–Kier alpha value is -0.650. The number of aliphatic hydroxyl groups is 1. The lowest BCUT2D eigenvalue weighted by Crippen LogP contribution is -2.43. The molecule has 1 aliphatic rings. The van der Waals surface area contributed by atoms with E-state index in [0.29, 0.717) is 6.42 Å². The van der Waals surface area contributed by atoms with E-state index in [-0.39, 0.29) is 11.7 Å². The van der Waals surface area contributed by atoms with Crippen molar-refractivity contribution in [3.05, 3.63) is 0 Å². The quantitative estimate of drug-likeness (QED) is 0.689. The maximum absolute atomic E-state index is 9.24. The first-order valence-electron chi connectivity index (χ1n) is 4.87. The maximum Gasteiger partial charge on any atom is 0.300 e. The second kappa shape index (κ2) is 6.05. The monoisotopic (exact) mass is 220 g/mol. The number of aliphatic hydroxyl groups excluding tert-OH is 1. The fourth-order valence-electron chi connectivity index (χ4n) is 1.59. The summed E-state index contributed by atoms with van der Waals surface area (Å²) in [6, 6.07) is 0.